The van der Waals surface area contributed by atoms with Crippen LogP contribution in [0.15, 0.2) is 12.4 Å². The molecule has 0 unspecified atom stereocenters. The van der Waals surface area contributed by atoms with Gasteiger partial charge in [-0.05, 0) is 57.2 Å². The third-order valence-corrected chi connectivity index (χ3v) is 4.35. The lowest BCUT2D eigenvalue weighted by Crippen LogP contribution is -2.24. The Morgan fingerprint density at radius 1 is 1.26 bits per heavy atom. The molecule has 0 radical (unpaired) electrons. The van der Waals surface area contributed by atoms with Crippen LogP contribution in [0.3, 0.4) is 0 Å². The molecule has 2 heterocycles. The highest BCUT2D eigenvalue weighted by molar-refractivity contribution is 14.1. The van der Waals surface area contributed by atoms with Crippen LogP contribution in [0.4, 0.5) is 13.2 Å². The maximum absolute atomic E-state index is 13.5. The lowest BCUT2D eigenvalue weighted by atomic mass is 10.1. The topological polar surface area (TPSA) is 66.2 Å². The minimum Gasteiger partial charge on any atom is -0.461 e. The van der Waals surface area contributed by atoms with Gasteiger partial charge in [0.15, 0.2) is 11.4 Å². The number of esters is 1. The molecule has 2 aromatic heterocycles. The van der Waals surface area contributed by atoms with Crippen LogP contribution >= 0.6 is 22.6 Å². The summed E-state index contributed by atoms with van der Waals surface area (Å²) in [6, 6.07) is 0. The lowest BCUT2D eigenvalue weighted by molar-refractivity contribution is -0.139. The first-order valence-electron chi connectivity index (χ1n) is 8.03. The first kappa shape index (κ1) is 21.5. The highest BCUT2D eigenvalue weighted by Crippen LogP contribution is 2.41. The molecule has 148 valence electrons. The number of halogens is 4. The molecule has 0 saturated carbocycles. The summed E-state index contributed by atoms with van der Waals surface area (Å²) in [5.74, 6) is -1.10. The van der Waals surface area contributed by atoms with E-state index in [1.807, 2.05) is 0 Å². The minimum absolute atomic E-state index is 0.00563. The number of rotatable bonds is 4. The lowest BCUT2D eigenvalue weighted by Gasteiger charge is -2.23. The number of hydrogen-bond acceptors (Lipinski definition) is 5. The summed E-state index contributed by atoms with van der Waals surface area (Å²) in [4.78, 5) is 15.9. The largest absolute Gasteiger partial charge is 0.461 e. The van der Waals surface area contributed by atoms with Gasteiger partial charge in [0.1, 0.15) is 5.56 Å². The number of carbonyl (C=O) groups is 1. The number of pyridine rings is 1. The predicted molar refractivity (Wildman–Crippen MR) is 99.9 cm³/mol. The fraction of sp³-hybridized carbons (Fsp3) is 0.471. The van der Waals surface area contributed by atoms with Gasteiger partial charge >= 0.3 is 12.1 Å². The van der Waals surface area contributed by atoms with Crippen molar-refractivity contribution in [3.8, 4) is 11.6 Å². The van der Waals surface area contributed by atoms with Crippen molar-refractivity contribution in [3.63, 3.8) is 0 Å². The van der Waals surface area contributed by atoms with Crippen LogP contribution in [0.2, 0.25) is 0 Å². The van der Waals surface area contributed by atoms with Crippen LogP contribution in [0, 0.1) is 10.5 Å². The Balaban J connectivity index is 2.64. The average molecular weight is 497 g/mol. The van der Waals surface area contributed by atoms with Crippen molar-refractivity contribution in [3.05, 3.63) is 32.8 Å². The summed E-state index contributed by atoms with van der Waals surface area (Å²) in [5.41, 5.74) is -1.31. The summed E-state index contributed by atoms with van der Waals surface area (Å²) < 4.78 is 52.3. The second-order valence-electron chi connectivity index (χ2n) is 6.68. The molecule has 0 atom stereocenters. The molecular weight excluding hydrogens is 478 g/mol. The number of alkyl halides is 3. The van der Waals surface area contributed by atoms with E-state index in [2.05, 4.69) is 10.1 Å². The van der Waals surface area contributed by atoms with Gasteiger partial charge in [0.25, 0.3) is 0 Å². The van der Waals surface area contributed by atoms with Gasteiger partial charge in [-0.2, -0.15) is 18.3 Å². The molecule has 0 bridgehead atoms. The van der Waals surface area contributed by atoms with Crippen LogP contribution in [0.25, 0.3) is 0 Å². The molecule has 0 N–H and O–H groups in total. The van der Waals surface area contributed by atoms with E-state index in [1.165, 1.54) is 4.68 Å². The fourth-order valence-electron chi connectivity index (χ4n) is 2.32. The maximum Gasteiger partial charge on any atom is 0.421 e. The SMILES string of the molecule is CCOC(=O)c1nn(C(C)(C)C)c(Oc2cncc(I)c2C(F)(F)F)c1C. The zero-order valence-corrected chi connectivity index (χ0v) is 17.6. The summed E-state index contributed by atoms with van der Waals surface area (Å²) in [6.45, 7) is 8.72. The van der Waals surface area contributed by atoms with Crippen LogP contribution in [0.1, 0.15) is 49.3 Å². The van der Waals surface area contributed by atoms with Crippen molar-refractivity contribution in [2.45, 2.75) is 46.3 Å². The van der Waals surface area contributed by atoms with Gasteiger partial charge in [0.2, 0.25) is 5.88 Å². The van der Waals surface area contributed by atoms with Gasteiger partial charge in [-0.1, -0.05) is 0 Å². The molecule has 2 aromatic rings. The third-order valence-electron chi connectivity index (χ3n) is 3.53. The summed E-state index contributed by atoms with van der Waals surface area (Å²) in [6.07, 6.45) is -2.53. The Kier molecular flexibility index (Phi) is 6.07. The minimum atomic E-state index is -4.63. The molecule has 0 fully saturated rings. The third kappa shape index (κ3) is 4.53. The Morgan fingerprint density at radius 3 is 2.41 bits per heavy atom. The van der Waals surface area contributed by atoms with Gasteiger partial charge in [-0.3, -0.25) is 4.98 Å². The molecule has 0 aliphatic carbocycles. The Bertz CT molecular complexity index is 858. The monoisotopic (exact) mass is 497 g/mol. The van der Waals surface area contributed by atoms with Crippen molar-refractivity contribution >= 4 is 28.6 Å². The average Bonchev–Trinajstić information content (AvgIpc) is 2.83. The molecule has 6 nitrogen and oxygen atoms in total. The molecule has 0 aliphatic heterocycles. The van der Waals surface area contributed by atoms with Crippen molar-refractivity contribution in [1.29, 1.82) is 0 Å². The molecule has 27 heavy (non-hydrogen) atoms. The van der Waals surface area contributed by atoms with Gasteiger partial charge in [-0.15, -0.1) is 0 Å². The van der Waals surface area contributed by atoms with Crippen molar-refractivity contribution in [2.24, 2.45) is 0 Å². The summed E-state index contributed by atoms with van der Waals surface area (Å²) in [5, 5.41) is 4.22. The van der Waals surface area contributed by atoms with E-state index in [-0.39, 0.29) is 27.3 Å². The zero-order valence-electron chi connectivity index (χ0n) is 15.4. The molecule has 0 saturated heterocycles. The second kappa shape index (κ2) is 7.64. The van der Waals surface area contributed by atoms with E-state index in [1.54, 1.807) is 57.2 Å². The van der Waals surface area contributed by atoms with E-state index in [9.17, 15) is 18.0 Å². The summed E-state index contributed by atoms with van der Waals surface area (Å²) >= 11 is 1.56. The van der Waals surface area contributed by atoms with Gasteiger partial charge in [0.05, 0.1) is 18.3 Å². The zero-order chi connectivity index (χ0) is 20.6. The molecule has 0 aliphatic rings. The molecular formula is C17H19F3IN3O3. The van der Waals surface area contributed by atoms with Gasteiger partial charge < -0.3 is 9.47 Å². The predicted octanol–water partition coefficient (Wildman–Crippen LogP) is 4.93. The van der Waals surface area contributed by atoms with E-state index in [0.717, 1.165) is 12.4 Å². The normalized spacial score (nSPS) is 12.2. The number of nitrogens with zero attached hydrogens (tertiary/aromatic N) is 3. The second-order valence-corrected chi connectivity index (χ2v) is 7.84. The van der Waals surface area contributed by atoms with Crippen molar-refractivity contribution in [1.82, 2.24) is 14.8 Å². The van der Waals surface area contributed by atoms with Crippen molar-refractivity contribution in [2.75, 3.05) is 6.61 Å². The highest BCUT2D eigenvalue weighted by Gasteiger charge is 2.38. The molecule has 10 heteroatoms. The number of aromatic nitrogens is 3. The van der Waals surface area contributed by atoms with Crippen LogP contribution < -0.4 is 4.74 Å². The molecule has 0 aromatic carbocycles. The maximum atomic E-state index is 13.5. The standard InChI is InChI=1S/C17H19F3IN3O3/c1-6-26-15(25)13-9(2)14(24(23-13)16(3,4)5)27-11-8-22-7-10(21)12(11)17(18,19)20/h7-8H,6H2,1-5H3. The van der Waals surface area contributed by atoms with E-state index < -0.39 is 29.0 Å². The Morgan fingerprint density at radius 2 is 1.89 bits per heavy atom. The van der Waals surface area contributed by atoms with Crippen molar-refractivity contribution < 1.29 is 27.4 Å². The number of carbonyl (C=O) groups excluding carboxylic acids is 1. The van der Waals surface area contributed by atoms with Gasteiger partial charge in [-0.25, -0.2) is 9.48 Å². The fourth-order valence-corrected chi connectivity index (χ4v) is 3.05. The number of hydrogen-bond donors (Lipinski definition) is 0. The first-order chi connectivity index (χ1) is 12.4. The highest BCUT2D eigenvalue weighted by atomic mass is 127. The first-order valence-corrected chi connectivity index (χ1v) is 9.11. The molecule has 0 spiro atoms. The quantitative estimate of drug-likeness (QED) is 0.443. The van der Waals surface area contributed by atoms with Crippen LogP contribution in [0.5, 0.6) is 11.6 Å². The Labute approximate surface area is 168 Å². The van der Waals surface area contributed by atoms with E-state index in [0.29, 0.717) is 0 Å². The Hall–Kier alpha value is -1.85. The number of ether oxygens (including phenoxy) is 2. The summed E-state index contributed by atoms with van der Waals surface area (Å²) in [7, 11) is 0. The molecule has 0 amide bonds. The van der Waals surface area contributed by atoms with Crippen LogP contribution in [-0.4, -0.2) is 27.3 Å². The van der Waals surface area contributed by atoms with Gasteiger partial charge in [0, 0.05) is 15.3 Å². The van der Waals surface area contributed by atoms with E-state index in [4.69, 9.17) is 9.47 Å². The van der Waals surface area contributed by atoms with Crippen LogP contribution in [-0.2, 0) is 16.5 Å². The molecule has 2 rings (SSSR count). The van der Waals surface area contributed by atoms with E-state index >= 15 is 0 Å². The smallest absolute Gasteiger partial charge is 0.421 e.